The van der Waals surface area contributed by atoms with E-state index in [2.05, 4.69) is 30.8 Å². The van der Waals surface area contributed by atoms with Gasteiger partial charge < -0.3 is 20.3 Å². The molecule has 3 aliphatic heterocycles. The smallest absolute Gasteiger partial charge is 0.329 e. The van der Waals surface area contributed by atoms with Crippen LogP contribution >= 0.6 is 0 Å². The topological polar surface area (TPSA) is 129 Å². The van der Waals surface area contributed by atoms with E-state index in [-0.39, 0.29) is 41.5 Å². The molecule has 2 aromatic rings. The summed E-state index contributed by atoms with van der Waals surface area (Å²) in [5, 5.41) is 8.59. The molecule has 0 aliphatic carbocycles. The van der Waals surface area contributed by atoms with Crippen molar-refractivity contribution in [2.24, 2.45) is 0 Å². The van der Waals surface area contributed by atoms with Crippen LogP contribution in [0.2, 0.25) is 0 Å². The lowest BCUT2D eigenvalue weighted by atomic mass is 10.1. The summed E-state index contributed by atoms with van der Waals surface area (Å²) in [4.78, 5) is 51.2. The second kappa shape index (κ2) is 9.49. The van der Waals surface area contributed by atoms with Crippen LogP contribution in [0.3, 0.4) is 0 Å². The maximum atomic E-state index is 13.4. The number of pyridine rings is 2. The van der Waals surface area contributed by atoms with Gasteiger partial charge in [0.1, 0.15) is 11.5 Å². The maximum Gasteiger partial charge on any atom is 0.329 e. The van der Waals surface area contributed by atoms with E-state index in [1.54, 1.807) is 23.1 Å². The average molecular weight is 480 g/mol. The van der Waals surface area contributed by atoms with Crippen LogP contribution in [0.4, 0.5) is 22.1 Å². The lowest BCUT2D eigenvalue weighted by Gasteiger charge is -2.35. The molecule has 2 atom stereocenters. The zero-order valence-electron chi connectivity index (χ0n) is 19.8. The quantitative estimate of drug-likeness (QED) is 0.596. The Morgan fingerprint density at radius 2 is 2.00 bits per heavy atom. The highest BCUT2D eigenvalue weighted by molar-refractivity contribution is 6.05. The fraction of sp³-hybridized carbons (Fsp3) is 0.458. The van der Waals surface area contributed by atoms with E-state index >= 15 is 0 Å². The fourth-order valence-electron chi connectivity index (χ4n) is 4.66. The molecule has 2 bridgehead atoms. The number of anilines is 3. The maximum absolute atomic E-state index is 13.4. The molecular weight excluding hydrogens is 450 g/mol. The molecule has 5 heterocycles. The largest absolute Gasteiger partial charge is 0.379 e. The summed E-state index contributed by atoms with van der Waals surface area (Å²) in [7, 11) is 0. The van der Waals surface area contributed by atoms with Crippen molar-refractivity contribution in [1.29, 1.82) is 0 Å². The first-order valence-corrected chi connectivity index (χ1v) is 11.9. The predicted octanol–water partition coefficient (Wildman–Crippen LogP) is 1.76. The SMILES string of the molecule is CC(C)NC(=O)c1ccc2c(n1)N(C(=O)Nc1cc(C(=O)N[C@H]3CCOC3)ccn1)[C@H]1CCN2C1. The van der Waals surface area contributed by atoms with Gasteiger partial charge in [-0.3, -0.25) is 19.8 Å². The van der Waals surface area contributed by atoms with Crippen molar-refractivity contribution >= 4 is 35.2 Å². The second-order valence-electron chi connectivity index (χ2n) is 9.32. The lowest BCUT2D eigenvalue weighted by molar-refractivity contribution is 0.0925. The molecule has 4 amide bonds. The number of hydrogen-bond acceptors (Lipinski definition) is 7. The third-order valence-electron chi connectivity index (χ3n) is 6.35. The number of fused-ring (bicyclic) bond motifs is 4. The van der Waals surface area contributed by atoms with E-state index in [0.717, 1.165) is 25.1 Å². The van der Waals surface area contributed by atoms with Crippen LogP contribution in [-0.4, -0.2) is 72.2 Å². The van der Waals surface area contributed by atoms with Gasteiger partial charge in [-0.2, -0.15) is 0 Å². The molecule has 0 radical (unpaired) electrons. The van der Waals surface area contributed by atoms with Crippen LogP contribution in [0.15, 0.2) is 30.5 Å². The van der Waals surface area contributed by atoms with Gasteiger partial charge in [0.15, 0.2) is 5.82 Å². The zero-order valence-corrected chi connectivity index (χ0v) is 19.8. The van der Waals surface area contributed by atoms with Crippen molar-refractivity contribution in [1.82, 2.24) is 20.6 Å². The fourth-order valence-corrected chi connectivity index (χ4v) is 4.66. The highest BCUT2D eigenvalue weighted by Gasteiger charge is 2.40. The molecule has 0 spiro atoms. The number of aromatic nitrogens is 2. The summed E-state index contributed by atoms with van der Waals surface area (Å²) in [5.41, 5.74) is 1.47. The summed E-state index contributed by atoms with van der Waals surface area (Å²) >= 11 is 0. The monoisotopic (exact) mass is 479 g/mol. The Hall–Kier alpha value is -3.73. The van der Waals surface area contributed by atoms with Crippen LogP contribution in [0, 0.1) is 0 Å². The standard InChI is InChI=1S/C24H29N7O4/c1-14(2)26-23(33)18-3-4-19-21(28-18)31(17-6-9-30(19)12-17)24(34)29-20-11-15(5-8-25-20)22(32)27-16-7-10-35-13-16/h3-5,8,11,14,16-17H,6-7,9-10,12-13H2,1-2H3,(H,26,33)(H,27,32)(H,25,29,34)/t16-,17-/m0/s1. The number of nitrogens with one attached hydrogen (secondary N) is 3. The Bertz CT molecular complexity index is 1150. The molecule has 11 nitrogen and oxygen atoms in total. The minimum atomic E-state index is -0.402. The van der Waals surface area contributed by atoms with Gasteiger partial charge in [0.25, 0.3) is 11.8 Å². The molecule has 184 valence electrons. The highest BCUT2D eigenvalue weighted by Crippen LogP contribution is 2.39. The van der Waals surface area contributed by atoms with E-state index in [4.69, 9.17) is 4.74 Å². The Kier molecular flexibility index (Phi) is 6.25. The molecule has 3 N–H and O–H groups in total. The minimum Gasteiger partial charge on any atom is -0.379 e. The van der Waals surface area contributed by atoms with Gasteiger partial charge >= 0.3 is 6.03 Å². The molecule has 0 aromatic carbocycles. The first-order valence-electron chi connectivity index (χ1n) is 11.9. The van der Waals surface area contributed by atoms with Gasteiger partial charge in [0, 0.05) is 37.5 Å². The molecule has 2 saturated heterocycles. The highest BCUT2D eigenvalue weighted by atomic mass is 16.5. The van der Waals surface area contributed by atoms with Crippen LogP contribution in [0.1, 0.15) is 47.5 Å². The number of carbonyl (C=O) groups is 3. The summed E-state index contributed by atoms with van der Waals surface area (Å²) < 4.78 is 5.31. The molecular formula is C24H29N7O4. The van der Waals surface area contributed by atoms with Crippen LogP contribution in [0.25, 0.3) is 0 Å². The van der Waals surface area contributed by atoms with Crippen LogP contribution in [-0.2, 0) is 4.74 Å². The molecule has 35 heavy (non-hydrogen) atoms. The van der Waals surface area contributed by atoms with E-state index in [0.29, 0.717) is 31.1 Å². The van der Waals surface area contributed by atoms with Crippen molar-refractivity contribution in [2.75, 3.05) is 41.4 Å². The Labute approximate surface area is 203 Å². The van der Waals surface area contributed by atoms with Crippen molar-refractivity contribution < 1.29 is 19.1 Å². The molecule has 3 aliphatic rings. The number of urea groups is 1. The molecule has 5 rings (SSSR count). The van der Waals surface area contributed by atoms with Crippen LogP contribution < -0.4 is 25.8 Å². The van der Waals surface area contributed by atoms with Gasteiger partial charge in [-0.1, -0.05) is 0 Å². The second-order valence-corrected chi connectivity index (χ2v) is 9.32. The Morgan fingerprint density at radius 1 is 1.14 bits per heavy atom. The van der Waals surface area contributed by atoms with E-state index in [9.17, 15) is 14.4 Å². The van der Waals surface area contributed by atoms with Crippen molar-refractivity contribution in [3.05, 3.63) is 41.7 Å². The summed E-state index contributed by atoms with van der Waals surface area (Å²) in [5.74, 6) is 0.184. The normalized spacial score (nSPS) is 20.5. The lowest BCUT2D eigenvalue weighted by Crippen LogP contribution is -2.48. The molecule has 0 saturated carbocycles. The van der Waals surface area contributed by atoms with Crippen molar-refractivity contribution in [2.45, 2.75) is 44.8 Å². The average Bonchev–Trinajstić information content (AvgIpc) is 3.49. The van der Waals surface area contributed by atoms with Crippen LogP contribution in [0.5, 0.6) is 0 Å². The summed E-state index contributed by atoms with van der Waals surface area (Å²) in [6.07, 6.45) is 3.05. The van der Waals surface area contributed by atoms with Gasteiger partial charge in [-0.05, 0) is 51.0 Å². The van der Waals surface area contributed by atoms with Gasteiger partial charge in [-0.25, -0.2) is 14.8 Å². The van der Waals surface area contributed by atoms with Gasteiger partial charge in [-0.15, -0.1) is 0 Å². The third kappa shape index (κ3) is 4.76. The Morgan fingerprint density at radius 3 is 2.77 bits per heavy atom. The third-order valence-corrected chi connectivity index (χ3v) is 6.35. The molecule has 2 fully saturated rings. The number of hydrogen-bond donors (Lipinski definition) is 3. The van der Waals surface area contributed by atoms with Gasteiger partial charge in [0.2, 0.25) is 0 Å². The molecule has 11 heteroatoms. The zero-order chi connectivity index (χ0) is 24.5. The summed E-state index contributed by atoms with van der Waals surface area (Å²) in [6, 6.07) is 6.16. The number of carbonyl (C=O) groups excluding carboxylic acids is 3. The van der Waals surface area contributed by atoms with E-state index in [1.165, 1.54) is 6.20 Å². The minimum absolute atomic E-state index is 0.0166. The summed E-state index contributed by atoms with van der Waals surface area (Å²) in [6.45, 7) is 6.39. The van der Waals surface area contributed by atoms with Crippen molar-refractivity contribution in [3.8, 4) is 0 Å². The molecule has 2 aromatic heterocycles. The molecule has 0 unspecified atom stereocenters. The van der Waals surface area contributed by atoms with E-state index in [1.807, 2.05) is 19.9 Å². The van der Waals surface area contributed by atoms with Crippen molar-refractivity contribution in [3.63, 3.8) is 0 Å². The first-order chi connectivity index (χ1) is 16.9. The first kappa shape index (κ1) is 23.0. The predicted molar refractivity (Wildman–Crippen MR) is 130 cm³/mol. The number of rotatable bonds is 5. The Balaban J connectivity index is 1.36. The number of ether oxygens (including phenoxy) is 1. The number of nitrogens with zero attached hydrogens (tertiary/aromatic N) is 4. The van der Waals surface area contributed by atoms with Gasteiger partial charge in [0.05, 0.1) is 24.4 Å². The van der Waals surface area contributed by atoms with E-state index < -0.39 is 6.03 Å². The number of amides is 4.